The van der Waals surface area contributed by atoms with Crippen LogP contribution in [0.25, 0.3) is 16.9 Å². The lowest BCUT2D eigenvalue weighted by atomic mass is 10.1. The van der Waals surface area contributed by atoms with E-state index in [4.69, 9.17) is 9.97 Å². The highest BCUT2D eigenvalue weighted by Crippen LogP contribution is 2.26. The van der Waals surface area contributed by atoms with Crippen LogP contribution in [0.3, 0.4) is 0 Å². The summed E-state index contributed by atoms with van der Waals surface area (Å²) in [4.78, 5) is 14.2. The second-order valence-electron chi connectivity index (χ2n) is 7.04. The fourth-order valence-corrected chi connectivity index (χ4v) is 3.76. The molecule has 2 aromatic carbocycles. The SMILES string of the molecule is Cc1cc2ccccc2n1-c1nc2c(c(NCc3ccccc3)n1)CCN=C2. The van der Waals surface area contributed by atoms with Crippen molar-refractivity contribution in [2.75, 3.05) is 11.9 Å². The number of nitrogens with zero attached hydrogens (tertiary/aromatic N) is 4. The van der Waals surface area contributed by atoms with Crippen LogP contribution in [0.15, 0.2) is 65.7 Å². The Labute approximate surface area is 163 Å². The third-order valence-corrected chi connectivity index (χ3v) is 5.13. The predicted molar refractivity (Wildman–Crippen MR) is 114 cm³/mol. The standard InChI is InChI=1S/C23H21N5/c1-16-13-18-9-5-6-10-21(18)28(16)23-26-20-15-24-12-11-19(20)22(27-23)25-14-17-7-3-2-4-8-17/h2-10,13,15H,11-12,14H2,1H3,(H,25,26,27). The minimum absolute atomic E-state index is 0.682. The normalized spacial score (nSPS) is 12.9. The van der Waals surface area contributed by atoms with Gasteiger partial charge < -0.3 is 5.32 Å². The van der Waals surface area contributed by atoms with Crippen molar-refractivity contribution < 1.29 is 0 Å². The Morgan fingerprint density at radius 2 is 1.82 bits per heavy atom. The van der Waals surface area contributed by atoms with Gasteiger partial charge in [0.25, 0.3) is 0 Å². The summed E-state index contributed by atoms with van der Waals surface area (Å²) in [6.07, 6.45) is 2.73. The molecule has 0 radical (unpaired) electrons. The Morgan fingerprint density at radius 3 is 2.71 bits per heavy atom. The molecule has 5 heteroatoms. The van der Waals surface area contributed by atoms with Crippen LogP contribution in [0.2, 0.25) is 0 Å². The van der Waals surface area contributed by atoms with Crippen LogP contribution < -0.4 is 5.32 Å². The second-order valence-corrected chi connectivity index (χ2v) is 7.04. The molecule has 0 amide bonds. The number of para-hydroxylation sites is 1. The number of aromatic nitrogens is 3. The Hall–Kier alpha value is -3.47. The maximum Gasteiger partial charge on any atom is 0.236 e. The molecule has 0 spiro atoms. The van der Waals surface area contributed by atoms with Crippen LogP contribution >= 0.6 is 0 Å². The number of benzene rings is 2. The quantitative estimate of drug-likeness (QED) is 0.585. The largest absolute Gasteiger partial charge is 0.366 e. The van der Waals surface area contributed by atoms with E-state index in [9.17, 15) is 0 Å². The topological polar surface area (TPSA) is 55.1 Å². The summed E-state index contributed by atoms with van der Waals surface area (Å²) in [5.74, 6) is 1.58. The Bertz CT molecular complexity index is 1170. The molecule has 5 rings (SSSR count). The summed E-state index contributed by atoms with van der Waals surface area (Å²) >= 11 is 0. The van der Waals surface area contributed by atoms with Gasteiger partial charge in [0.15, 0.2) is 0 Å². The fourth-order valence-electron chi connectivity index (χ4n) is 3.76. The molecule has 0 saturated heterocycles. The van der Waals surface area contributed by atoms with Gasteiger partial charge in [0.2, 0.25) is 5.95 Å². The van der Waals surface area contributed by atoms with Crippen LogP contribution in [-0.2, 0) is 13.0 Å². The zero-order valence-electron chi connectivity index (χ0n) is 15.8. The van der Waals surface area contributed by atoms with Gasteiger partial charge >= 0.3 is 0 Å². The molecule has 0 saturated carbocycles. The van der Waals surface area contributed by atoms with E-state index >= 15 is 0 Å². The van der Waals surface area contributed by atoms with Crippen LogP contribution in [0, 0.1) is 6.92 Å². The Balaban J connectivity index is 1.61. The number of fused-ring (bicyclic) bond motifs is 2. The molecule has 1 N–H and O–H groups in total. The third kappa shape index (κ3) is 2.95. The number of hydrogen-bond acceptors (Lipinski definition) is 4. The van der Waals surface area contributed by atoms with Crippen LogP contribution in [-0.4, -0.2) is 27.3 Å². The fraction of sp³-hybridized carbons (Fsp3) is 0.174. The molecule has 1 aliphatic heterocycles. The van der Waals surface area contributed by atoms with Gasteiger partial charge in [0.1, 0.15) is 5.82 Å². The summed E-state index contributed by atoms with van der Waals surface area (Å²) in [5.41, 5.74) is 5.50. The maximum absolute atomic E-state index is 4.93. The molecule has 5 nitrogen and oxygen atoms in total. The maximum atomic E-state index is 4.93. The van der Waals surface area contributed by atoms with Gasteiger partial charge in [-0.2, -0.15) is 4.98 Å². The number of hydrogen-bond donors (Lipinski definition) is 1. The van der Waals surface area contributed by atoms with Crippen molar-refractivity contribution in [3.8, 4) is 5.95 Å². The van der Waals surface area contributed by atoms with E-state index in [2.05, 4.69) is 70.3 Å². The van der Waals surface area contributed by atoms with Crippen molar-refractivity contribution in [3.05, 3.63) is 83.2 Å². The molecule has 138 valence electrons. The Morgan fingerprint density at radius 1 is 1.00 bits per heavy atom. The first-order valence-corrected chi connectivity index (χ1v) is 9.55. The van der Waals surface area contributed by atoms with Crippen LogP contribution in [0.1, 0.15) is 22.5 Å². The summed E-state index contributed by atoms with van der Waals surface area (Å²) in [5, 5.41) is 4.72. The minimum Gasteiger partial charge on any atom is -0.366 e. The van der Waals surface area contributed by atoms with E-state index in [1.165, 1.54) is 10.9 Å². The molecule has 2 aromatic heterocycles. The highest BCUT2D eigenvalue weighted by molar-refractivity contribution is 5.85. The molecular formula is C23H21N5. The number of aliphatic imine (C=N–C) groups is 1. The van der Waals surface area contributed by atoms with Gasteiger partial charge in [-0.15, -0.1) is 0 Å². The second kappa shape index (κ2) is 6.93. The molecule has 28 heavy (non-hydrogen) atoms. The van der Waals surface area contributed by atoms with E-state index in [1.54, 1.807) is 0 Å². The molecule has 0 atom stereocenters. The number of rotatable bonds is 4. The number of nitrogens with one attached hydrogen (secondary N) is 1. The average molecular weight is 367 g/mol. The van der Waals surface area contributed by atoms with Gasteiger partial charge in [0.05, 0.1) is 11.2 Å². The summed E-state index contributed by atoms with van der Waals surface area (Å²) in [6, 6.07) is 20.9. The van der Waals surface area contributed by atoms with Crippen LogP contribution in [0.5, 0.6) is 0 Å². The van der Waals surface area contributed by atoms with E-state index in [1.807, 2.05) is 18.3 Å². The summed E-state index contributed by atoms with van der Waals surface area (Å²) in [6.45, 7) is 3.60. The smallest absolute Gasteiger partial charge is 0.236 e. The highest BCUT2D eigenvalue weighted by Gasteiger charge is 2.18. The first kappa shape index (κ1) is 16.7. The molecule has 0 bridgehead atoms. The first-order valence-electron chi connectivity index (χ1n) is 9.55. The molecule has 3 heterocycles. The van der Waals surface area contributed by atoms with Crippen molar-refractivity contribution >= 4 is 22.9 Å². The lowest BCUT2D eigenvalue weighted by Gasteiger charge is -2.18. The zero-order valence-corrected chi connectivity index (χ0v) is 15.8. The molecular weight excluding hydrogens is 346 g/mol. The van der Waals surface area contributed by atoms with Crippen molar-refractivity contribution in [2.45, 2.75) is 19.9 Å². The van der Waals surface area contributed by atoms with Gasteiger partial charge in [-0.1, -0.05) is 48.5 Å². The van der Waals surface area contributed by atoms with Crippen molar-refractivity contribution in [2.24, 2.45) is 4.99 Å². The van der Waals surface area contributed by atoms with Crippen molar-refractivity contribution in [1.82, 2.24) is 14.5 Å². The molecule has 4 aromatic rings. The number of aryl methyl sites for hydroxylation is 1. The van der Waals surface area contributed by atoms with E-state index in [0.29, 0.717) is 5.95 Å². The van der Waals surface area contributed by atoms with E-state index < -0.39 is 0 Å². The van der Waals surface area contributed by atoms with Gasteiger partial charge in [-0.3, -0.25) is 9.56 Å². The van der Waals surface area contributed by atoms with Crippen LogP contribution in [0.4, 0.5) is 5.82 Å². The van der Waals surface area contributed by atoms with E-state index in [0.717, 1.165) is 47.8 Å². The van der Waals surface area contributed by atoms with E-state index in [-0.39, 0.29) is 0 Å². The zero-order chi connectivity index (χ0) is 18.9. The summed E-state index contributed by atoms with van der Waals surface area (Å²) in [7, 11) is 0. The highest BCUT2D eigenvalue weighted by atomic mass is 15.2. The third-order valence-electron chi connectivity index (χ3n) is 5.13. The summed E-state index contributed by atoms with van der Waals surface area (Å²) < 4.78 is 2.12. The first-order chi connectivity index (χ1) is 13.8. The average Bonchev–Trinajstić information content (AvgIpc) is 3.08. The molecule has 0 unspecified atom stereocenters. The lowest BCUT2D eigenvalue weighted by molar-refractivity contribution is 0.869. The van der Waals surface area contributed by atoms with Gasteiger partial charge in [-0.25, -0.2) is 4.98 Å². The minimum atomic E-state index is 0.682. The van der Waals surface area contributed by atoms with Crippen molar-refractivity contribution in [3.63, 3.8) is 0 Å². The lowest BCUT2D eigenvalue weighted by Crippen LogP contribution is -2.16. The van der Waals surface area contributed by atoms with Crippen molar-refractivity contribution in [1.29, 1.82) is 0 Å². The monoisotopic (exact) mass is 367 g/mol. The molecule has 0 fully saturated rings. The molecule has 0 aliphatic carbocycles. The number of anilines is 1. The molecule has 1 aliphatic rings. The predicted octanol–water partition coefficient (Wildman–Crippen LogP) is 4.32. The van der Waals surface area contributed by atoms with Gasteiger partial charge in [0, 0.05) is 35.9 Å². The Kier molecular flexibility index (Phi) is 4.13. The van der Waals surface area contributed by atoms with Gasteiger partial charge in [-0.05, 0) is 31.0 Å².